The maximum atomic E-state index is 12.0. The van der Waals surface area contributed by atoms with Crippen molar-refractivity contribution in [3.05, 3.63) is 0 Å². The average molecular weight is 182 g/mol. The van der Waals surface area contributed by atoms with E-state index in [-0.39, 0.29) is 12.8 Å². The highest BCUT2D eigenvalue weighted by molar-refractivity contribution is 4.93. The molecule has 70 valence electrons. The summed E-state index contributed by atoms with van der Waals surface area (Å²) in [7, 11) is 0. The predicted molar refractivity (Wildman–Crippen MR) is 33.4 cm³/mol. The Morgan fingerprint density at radius 2 is 1.58 bits per heavy atom. The van der Waals surface area contributed by atoms with Crippen molar-refractivity contribution >= 4 is 0 Å². The SMILES string of the molecule is FC(F)(F)C1CC2(C1)OCCO2. The van der Waals surface area contributed by atoms with Crippen LogP contribution in [0.2, 0.25) is 0 Å². The highest BCUT2D eigenvalue weighted by Crippen LogP contribution is 2.51. The van der Waals surface area contributed by atoms with Crippen molar-refractivity contribution in [2.45, 2.75) is 24.8 Å². The molecule has 0 bridgehead atoms. The molecule has 1 spiro atoms. The summed E-state index contributed by atoms with van der Waals surface area (Å²) < 4.78 is 46.2. The average Bonchev–Trinajstić information content (AvgIpc) is 2.27. The minimum atomic E-state index is -4.08. The molecule has 0 N–H and O–H groups in total. The monoisotopic (exact) mass is 182 g/mol. The number of hydrogen-bond acceptors (Lipinski definition) is 2. The minimum absolute atomic E-state index is 0.0312. The third kappa shape index (κ3) is 1.21. The lowest BCUT2D eigenvalue weighted by Crippen LogP contribution is -2.50. The van der Waals surface area contributed by atoms with Crippen LogP contribution in [0.15, 0.2) is 0 Å². The number of alkyl halides is 3. The van der Waals surface area contributed by atoms with Gasteiger partial charge in [-0.3, -0.25) is 0 Å². The normalized spacial score (nSPS) is 29.2. The summed E-state index contributed by atoms with van der Waals surface area (Å²) in [4.78, 5) is 0. The number of halogens is 3. The summed E-state index contributed by atoms with van der Waals surface area (Å²) in [6, 6.07) is 0. The second kappa shape index (κ2) is 2.35. The molecule has 1 aliphatic heterocycles. The first kappa shape index (κ1) is 8.31. The fourth-order valence-electron chi connectivity index (χ4n) is 1.66. The summed E-state index contributed by atoms with van der Waals surface area (Å²) in [6.07, 6.45) is -4.15. The highest BCUT2D eigenvalue weighted by atomic mass is 19.4. The van der Waals surface area contributed by atoms with Crippen molar-refractivity contribution in [1.82, 2.24) is 0 Å². The van der Waals surface area contributed by atoms with Gasteiger partial charge in [-0.05, 0) is 0 Å². The van der Waals surface area contributed by atoms with Gasteiger partial charge in [-0.25, -0.2) is 0 Å². The van der Waals surface area contributed by atoms with Gasteiger partial charge in [-0.1, -0.05) is 0 Å². The Balaban J connectivity index is 1.90. The molecule has 2 fully saturated rings. The molecule has 0 radical (unpaired) electrons. The first-order valence-electron chi connectivity index (χ1n) is 3.86. The lowest BCUT2D eigenvalue weighted by molar-refractivity contribution is -0.299. The lowest BCUT2D eigenvalue weighted by atomic mass is 9.78. The van der Waals surface area contributed by atoms with E-state index in [1.54, 1.807) is 0 Å². The summed E-state index contributed by atoms with van der Waals surface area (Å²) in [5.41, 5.74) is 0. The number of ether oxygens (including phenoxy) is 2. The fraction of sp³-hybridized carbons (Fsp3) is 1.00. The summed E-state index contributed by atoms with van der Waals surface area (Å²) >= 11 is 0. The van der Waals surface area contributed by atoms with Crippen molar-refractivity contribution < 1.29 is 22.6 Å². The Hall–Kier alpha value is -0.290. The molecule has 2 rings (SSSR count). The maximum Gasteiger partial charge on any atom is 0.392 e. The summed E-state index contributed by atoms with van der Waals surface area (Å²) in [5, 5.41) is 0. The van der Waals surface area contributed by atoms with Gasteiger partial charge in [0.2, 0.25) is 0 Å². The largest absolute Gasteiger partial charge is 0.392 e. The zero-order valence-corrected chi connectivity index (χ0v) is 6.36. The van der Waals surface area contributed by atoms with E-state index in [1.807, 2.05) is 0 Å². The number of hydrogen-bond donors (Lipinski definition) is 0. The fourth-order valence-corrected chi connectivity index (χ4v) is 1.66. The Bertz CT molecular complexity index is 176. The third-order valence-corrected chi connectivity index (χ3v) is 2.39. The topological polar surface area (TPSA) is 18.5 Å². The quantitative estimate of drug-likeness (QED) is 0.567. The molecular weight excluding hydrogens is 173 g/mol. The van der Waals surface area contributed by atoms with E-state index in [1.165, 1.54) is 0 Å². The van der Waals surface area contributed by atoms with E-state index >= 15 is 0 Å². The van der Waals surface area contributed by atoms with Gasteiger partial charge in [-0.2, -0.15) is 13.2 Å². The van der Waals surface area contributed by atoms with Crippen LogP contribution in [0.5, 0.6) is 0 Å². The van der Waals surface area contributed by atoms with Crippen LogP contribution in [0.3, 0.4) is 0 Å². The Labute approximate surface area is 67.6 Å². The summed E-state index contributed by atoms with van der Waals surface area (Å²) in [6.45, 7) is 0.842. The molecule has 1 aliphatic carbocycles. The van der Waals surface area contributed by atoms with E-state index in [2.05, 4.69) is 0 Å². The molecule has 0 aromatic rings. The first-order valence-corrected chi connectivity index (χ1v) is 3.86. The number of rotatable bonds is 0. The minimum Gasteiger partial charge on any atom is -0.348 e. The van der Waals surface area contributed by atoms with Crippen LogP contribution < -0.4 is 0 Å². The van der Waals surface area contributed by atoms with Crippen LogP contribution in [0.1, 0.15) is 12.8 Å². The molecule has 5 heteroatoms. The predicted octanol–water partition coefficient (Wildman–Crippen LogP) is 1.70. The van der Waals surface area contributed by atoms with Gasteiger partial charge >= 0.3 is 6.18 Å². The molecule has 0 amide bonds. The van der Waals surface area contributed by atoms with E-state index < -0.39 is 17.9 Å². The van der Waals surface area contributed by atoms with Crippen LogP contribution in [-0.2, 0) is 9.47 Å². The van der Waals surface area contributed by atoms with Crippen LogP contribution >= 0.6 is 0 Å². The van der Waals surface area contributed by atoms with Gasteiger partial charge in [-0.15, -0.1) is 0 Å². The second-order valence-electron chi connectivity index (χ2n) is 3.25. The molecule has 2 nitrogen and oxygen atoms in total. The van der Waals surface area contributed by atoms with E-state index in [9.17, 15) is 13.2 Å². The first-order chi connectivity index (χ1) is 5.52. The van der Waals surface area contributed by atoms with Crippen molar-refractivity contribution in [2.75, 3.05) is 13.2 Å². The highest BCUT2D eigenvalue weighted by Gasteiger charge is 2.58. The van der Waals surface area contributed by atoms with Crippen molar-refractivity contribution in [3.8, 4) is 0 Å². The standard InChI is InChI=1S/C7H9F3O2/c8-7(9,10)5-3-6(4-5)11-1-2-12-6/h5H,1-4H2. The van der Waals surface area contributed by atoms with Gasteiger partial charge in [0.15, 0.2) is 5.79 Å². The second-order valence-corrected chi connectivity index (χ2v) is 3.25. The molecule has 1 heterocycles. The lowest BCUT2D eigenvalue weighted by Gasteiger charge is -2.43. The molecule has 0 aromatic carbocycles. The molecule has 0 atom stereocenters. The molecule has 2 aliphatic rings. The molecular formula is C7H9F3O2. The van der Waals surface area contributed by atoms with Crippen LogP contribution in [-0.4, -0.2) is 25.2 Å². The molecule has 0 aromatic heterocycles. The van der Waals surface area contributed by atoms with E-state index in [0.717, 1.165) is 0 Å². The van der Waals surface area contributed by atoms with E-state index in [0.29, 0.717) is 13.2 Å². The van der Waals surface area contributed by atoms with Crippen LogP contribution in [0.4, 0.5) is 13.2 Å². The Morgan fingerprint density at radius 3 is 2.00 bits per heavy atom. The van der Waals surface area contributed by atoms with Gasteiger partial charge in [0.25, 0.3) is 0 Å². The van der Waals surface area contributed by atoms with Gasteiger partial charge < -0.3 is 9.47 Å². The van der Waals surface area contributed by atoms with Crippen molar-refractivity contribution in [1.29, 1.82) is 0 Å². The van der Waals surface area contributed by atoms with Crippen molar-refractivity contribution in [2.24, 2.45) is 5.92 Å². The Kier molecular flexibility index (Phi) is 1.63. The Morgan fingerprint density at radius 1 is 1.08 bits per heavy atom. The molecule has 0 unspecified atom stereocenters. The van der Waals surface area contributed by atoms with Crippen LogP contribution in [0.25, 0.3) is 0 Å². The zero-order chi connectivity index (χ0) is 8.82. The molecule has 1 saturated carbocycles. The molecule has 1 saturated heterocycles. The van der Waals surface area contributed by atoms with Crippen molar-refractivity contribution in [3.63, 3.8) is 0 Å². The van der Waals surface area contributed by atoms with E-state index in [4.69, 9.17) is 9.47 Å². The zero-order valence-electron chi connectivity index (χ0n) is 6.36. The van der Waals surface area contributed by atoms with Gasteiger partial charge in [0.05, 0.1) is 19.1 Å². The maximum absolute atomic E-state index is 12.0. The van der Waals surface area contributed by atoms with Crippen LogP contribution in [0, 0.1) is 5.92 Å². The van der Waals surface area contributed by atoms with Gasteiger partial charge in [0, 0.05) is 12.8 Å². The summed E-state index contributed by atoms with van der Waals surface area (Å²) in [5.74, 6) is -2.10. The smallest absolute Gasteiger partial charge is 0.348 e. The molecule has 12 heavy (non-hydrogen) atoms. The van der Waals surface area contributed by atoms with Gasteiger partial charge in [0.1, 0.15) is 0 Å². The third-order valence-electron chi connectivity index (χ3n) is 2.39.